The molecule has 0 saturated carbocycles. The van der Waals surface area contributed by atoms with Crippen LogP contribution < -0.4 is 0 Å². The Kier molecular flexibility index (Phi) is 4.75. The van der Waals surface area contributed by atoms with Crippen molar-refractivity contribution in [3.8, 4) is 0 Å². The van der Waals surface area contributed by atoms with Gasteiger partial charge in [-0.15, -0.1) is 0 Å². The molecule has 0 aliphatic rings. The number of benzene rings is 1. The van der Waals surface area contributed by atoms with E-state index >= 15 is 0 Å². The maximum absolute atomic E-state index is 12.7. The molecule has 0 aliphatic carbocycles. The molecule has 0 fully saturated rings. The zero-order valence-corrected chi connectivity index (χ0v) is 9.49. The van der Waals surface area contributed by atoms with Crippen molar-refractivity contribution in [2.75, 3.05) is 0 Å². The number of rotatable bonds is 0. The molecule has 1 aromatic carbocycles. The molecule has 14 heavy (non-hydrogen) atoms. The van der Waals surface area contributed by atoms with Gasteiger partial charge < -0.3 is 0 Å². The van der Waals surface area contributed by atoms with Crippen LogP contribution in [0, 0.1) is 11.6 Å². The Morgan fingerprint density at radius 1 is 0.857 bits per heavy atom. The first-order valence-corrected chi connectivity index (χ1v) is 4.86. The molecule has 0 radical (unpaired) electrons. The summed E-state index contributed by atoms with van der Waals surface area (Å²) in [7, 11) is 0. The van der Waals surface area contributed by atoms with E-state index in [4.69, 9.17) is 0 Å². The van der Waals surface area contributed by atoms with E-state index < -0.39 is 11.6 Å². The molecule has 80 valence electrons. The van der Waals surface area contributed by atoms with E-state index in [1.165, 1.54) is 12.1 Å². The minimum absolute atomic E-state index is 0.205. The SMILES string of the molecule is CC.CC(C)(C)c1cc(F)cc(F)c1. The van der Waals surface area contributed by atoms with E-state index in [2.05, 4.69) is 0 Å². The van der Waals surface area contributed by atoms with Crippen LogP contribution in [0.25, 0.3) is 0 Å². The third-order valence-corrected chi connectivity index (χ3v) is 1.73. The monoisotopic (exact) mass is 200 g/mol. The lowest BCUT2D eigenvalue weighted by Gasteiger charge is -2.18. The van der Waals surface area contributed by atoms with Crippen LogP contribution in [0.1, 0.15) is 40.2 Å². The van der Waals surface area contributed by atoms with Crippen LogP contribution in [0.4, 0.5) is 8.78 Å². The van der Waals surface area contributed by atoms with Gasteiger partial charge in [-0.2, -0.15) is 0 Å². The van der Waals surface area contributed by atoms with Gasteiger partial charge in [0.1, 0.15) is 11.6 Å². The molecule has 1 rings (SSSR count). The highest BCUT2D eigenvalue weighted by Gasteiger charge is 2.15. The highest BCUT2D eigenvalue weighted by atomic mass is 19.1. The van der Waals surface area contributed by atoms with Crippen molar-refractivity contribution >= 4 is 0 Å². The van der Waals surface area contributed by atoms with Gasteiger partial charge in [-0.25, -0.2) is 8.78 Å². The Balaban J connectivity index is 0.000000791. The molecule has 0 heterocycles. The van der Waals surface area contributed by atoms with Gasteiger partial charge in [0.2, 0.25) is 0 Å². The number of hydrogen-bond donors (Lipinski definition) is 0. The quantitative estimate of drug-likeness (QED) is 0.586. The predicted octanol–water partition coefficient (Wildman–Crippen LogP) is 4.29. The highest BCUT2D eigenvalue weighted by molar-refractivity contribution is 5.24. The minimum Gasteiger partial charge on any atom is -0.207 e. The van der Waals surface area contributed by atoms with Crippen molar-refractivity contribution in [3.05, 3.63) is 35.4 Å². The normalized spacial score (nSPS) is 10.5. The predicted molar refractivity (Wildman–Crippen MR) is 56.4 cm³/mol. The molecule has 0 spiro atoms. The van der Waals surface area contributed by atoms with Crippen LogP contribution in [0.15, 0.2) is 18.2 Å². The molecular formula is C12H18F2. The molecular weight excluding hydrogens is 182 g/mol. The zero-order chi connectivity index (χ0) is 11.4. The molecule has 1 aromatic rings. The summed E-state index contributed by atoms with van der Waals surface area (Å²) in [6, 6.07) is 3.61. The fourth-order valence-electron chi connectivity index (χ4n) is 0.987. The molecule has 0 nitrogen and oxygen atoms in total. The molecule has 0 unspecified atom stereocenters. The average Bonchev–Trinajstić information content (AvgIpc) is 2.04. The largest absolute Gasteiger partial charge is 0.207 e. The highest BCUT2D eigenvalue weighted by Crippen LogP contribution is 2.23. The number of hydrogen-bond acceptors (Lipinski definition) is 0. The van der Waals surface area contributed by atoms with Crippen LogP contribution in [0.3, 0.4) is 0 Å². The van der Waals surface area contributed by atoms with Crippen LogP contribution >= 0.6 is 0 Å². The molecule has 0 amide bonds. The summed E-state index contributed by atoms with van der Waals surface area (Å²) in [6.07, 6.45) is 0. The fraction of sp³-hybridized carbons (Fsp3) is 0.500. The van der Waals surface area contributed by atoms with Crippen LogP contribution in [-0.4, -0.2) is 0 Å². The van der Waals surface area contributed by atoms with Gasteiger partial charge in [0, 0.05) is 6.07 Å². The summed E-state index contributed by atoms with van der Waals surface area (Å²) in [5.41, 5.74) is 0.475. The van der Waals surface area contributed by atoms with Crippen molar-refractivity contribution in [3.63, 3.8) is 0 Å². The second-order valence-corrected chi connectivity index (χ2v) is 3.91. The summed E-state index contributed by atoms with van der Waals surface area (Å²) >= 11 is 0. The first-order valence-electron chi connectivity index (χ1n) is 4.86. The molecule has 0 aliphatic heterocycles. The van der Waals surface area contributed by atoms with Crippen LogP contribution in [0.5, 0.6) is 0 Å². The van der Waals surface area contributed by atoms with Gasteiger partial charge >= 0.3 is 0 Å². The van der Waals surface area contributed by atoms with E-state index in [9.17, 15) is 8.78 Å². The lowest BCUT2D eigenvalue weighted by molar-refractivity contribution is 0.545. The summed E-state index contributed by atoms with van der Waals surface area (Å²) in [4.78, 5) is 0. The minimum atomic E-state index is -0.514. The van der Waals surface area contributed by atoms with Crippen molar-refractivity contribution in [1.82, 2.24) is 0 Å². The van der Waals surface area contributed by atoms with Gasteiger partial charge in [-0.1, -0.05) is 34.6 Å². The van der Waals surface area contributed by atoms with Gasteiger partial charge in [0.15, 0.2) is 0 Å². The van der Waals surface area contributed by atoms with E-state index in [0.29, 0.717) is 5.56 Å². The summed E-state index contributed by atoms with van der Waals surface area (Å²) in [5.74, 6) is -1.03. The van der Waals surface area contributed by atoms with Crippen LogP contribution in [-0.2, 0) is 5.41 Å². The van der Waals surface area contributed by atoms with Crippen molar-refractivity contribution < 1.29 is 8.78 Å². The average molecular weight is 200 g/mol. The van der Waals surface area contributed by atoms with Crippen LogP contribution in [0.2, 0.25) is 0 Å². The molecule has 0 aromatic heterocycles. The fourth-order valence-corrected chi connectivity index (χ4v) is 0.987. The topological polar surface area (TPSA) is 0 Å². The Hall–Kier alpha value is -0.920. The molecule has 2 heteroatoms. The van der Waals surface area contributed by atoms with E-state index in [1.807, 2.05) is 34.6 Å². The van der Waals surface area contributed by atoms with Gasteiger partial charge in [0.25, 0.3) is 0 Å². The van der Waals surface area contributed by atoms with Crippen molar-refractivity contribution in [2.24, 2.45) is 0 Å². The van der Waals surface area contributed by atoms with Gasteiger partial charge in [-0.05, 0) is 23.1 Å². The third-order valence-electron chi connectivity index (χ3n) is 1.73. The first kappa shape index (κ1) is 13.1. The maximum atomic E-state index is 12.7. The third kappa shape index (κ3) is 3.86. The second-order valence-electron chi connectivity index (χ2n) is 3.91. The molecule has 0 atom stereocenters. The zero-order valence-electron chi connectivity index (χ0n) is 9.49. The molecule has 0 saturated heterocycles. The van der Waals surface area contributed by atoms with Gasteiger partial charge in [0.05, 0.1) is 0 Å². The summed E-state index contributed by atoms with van der Waals surface area (Å²) in [6.45, 7) is 9.75. The van der Waals surface area contributed by atoms with E-state index in [0.717, 1.165) is 6.07 Å². The van der Waals surface area contributed by atoms with Gasteiger partial charge in [-0.3, -0.25) is 0 Å². The Bertz CT molecular complexity index is 265. The Morgan fingerprint density at radius 3 is 1.50 bits per heavy atom. The summed E-state index contributed by atoms with van der Waals surface area (Å²) < 4.78 is 25.4. The lowest BCUT2D eigenvalue weighted by Crippen LogP contribution is -2.11. The van der Waals surface area contributed by atoms with Crippen molar-refractivity contribution in [2.45, 2.75) is 40.0 Å². The molecule has 0 N–H and O–H groups in total. The summed E-state index contributed by atoms with van der Waals surface area (Å²) in [5, 5.41) is 0. The van der Waals surface area contributed by atoms with Crippen molar-refractivity contribution in [1.29, 1.82) is 0 Å². The smallest absolute Gasteiger partial charge is 0.126 e. The van der Waals surface area contributed by atoms with E-state index in [1.54, 1.807) is 0 Å². The number of halogens is 2. The maximum Gasteiger partial charge on any atom is 0.126 e. The first-order chi connectivity index (χ1) is 6.39. The molecule has 0 bridgehead atoms. The van der Waals surface area contributed by atoms with E-state index in [-0.39, 0.29) is 5.41 Å². The standard InChI is InChI=1S/C10H12F2.C2H6/c1-10(2,3)7-4-8(11)6-9(12)5-7;1-2/h4-6H,1-3H3;1-2H3. The lowest BCUT2D eigenvalue weighted by atomic mass is 9.87. The Morgan fingerprint density at radius 2 is 1.21 bits per heavy atom. The second kappa shape index (κ2) is 5.08. The Labute approximate surface area is 85.0 Å².